The highest BCUT2D eigenvalue weighted by molar-refractivity contribution is 5.77. The molecule has 5 nitrogen and oxygen atoms in total. The van der Waals surface area contributed by atoms with E-state index in [4.69, 9.17) is 4.74 Å². The summed E-state index contributed by atoms with van der Waals surface area (Å²) < 4.78 is 18.9. The number of carbonyl (C=O) groups is 1. The summed E-state index contributed by atoms with van der Waals surface area (Å²) in [6.07, 6.45) is 2.35. The van der Waals surface area contributed by atoms with Crippen LogP contribution in [0.1, 0.15) is 24.4 Å². The highest BCUT2D eigenvalue weighted by Gasteiger charge is 2.24. The van der Waals surface area contributed by atoms with Crippen LogP contribution in [0.2, 0.25) is 0 Å². The predicted molar refractivity (Wildman–Crippen MR) is 109 cm³/mol. The predicted octanol–water partition coefficient (Wildman–Crippen LogP) is 3.22. The molecule has 1 aliphatic rings. The molecule has 0 radical (unpaired) electrons. The number of amides is 1. The fourth-order valence-corrected chi connectivity index (χ4v) is 3.47. The maximum atomic E-state index is 13.6. The number of hydrogen-bond donors (Lipinski definition) is 1. The topological polar surface area (TPSA) is 44.8 Å². The number of nitrogens with zero attached hydrogens (tertiary/aromatic N) is 2. The summed E-state index contributed by atoms with van der Waals surface area (Å²) in [6.45, 7) is 2.36. The van der Waals surface area contributed by atoms with Gasteiger partial charge in [-0.2, -0.15) is 0 Å². The second-order valence-electron chi connectivity index (χ2n) is 7.27. The monoisotopic (exact) mass is 385 g/mol. The molecule has 0 unspecified atom stereocenters. The van der Waals surface area contributed by atoms with Gasteiger partial charge in [-0.3, -0.25) is 9.69 Å². The molecule has 3 rings (SSSR count). The molecule has 0 spiro atoms. The summed E-state index contributed by atoms with van der Waals surface area (Å²) in [4.78, 5) is 16.7. The molecule has 150 valence electrons. The Balaban J connectivity index is 1.60. The van der Waals surface area contributed by atoms with Gasteiger partial charge in [-0.25, -0.2) is 4.39 Å². The molecule has 0 bridgehead atoms. The number of rotatable bonds is 8. The Morgan fingerprint density at radius 2 is 1.82 bits per heavy atom. The second kappa shape index (κ2) is 9.55. The molecular weight excluding hydrogens is 357 g/mol. The lowest BCUT2D eigenvalue weighted by Crippen LogP contribution is -2.38. The van der Waals surface area contributed by atoms with E-state index < -0.39 is 5.82 Å². The maximum absolute atomic E-state index is 13.6. The average molecular weight is 385 g/mol. The van der Waals surface area contributed by atoms with Crippen LogP contribution in [0, 0.1) is 5.82 Å². The SMILES string of the molecule is CN(C)c1ccc([C@H](CNC(=O)COc2ccccc2F)N2CCCC2)cc1. The van der Waals surface area contributed by atoms with Gasteiger partial charge in [-0.1, -0.05) is 24.3 Å². The van der Waals surface area contributed by atoms with Crippen molar-refractivity contribution in [3.63, 3.8) is 0 Å². The van der Waals surface area contributed by atoms with Crippen LogP contribution in [0.4, 0.5) is 10.1 Å². The molecule has 1 N–H and O–H groups in total. The van der Waals surface area contributed by atoms with Gasteiger partial charge in [-0.15, -0.1) is 0 Å². The molecule has 2 aromatic carbocycles. The summed E-state index contributed by atoms with van der Waals surface area (Å²) in [5.74, 6) is -0.628. The molecule has 0 aromatic heterocycles. The molecule has 1 fully saturated rings. The van der Waals surface area contributed by atoms with E-state index in [2.05, 4.69) is 39.4 Å². The Bertz CT molecular complexity index is 774. The van der Waals surface area contributed by atoms with Crippen LogP contribution in [0.15, 0.2) is 48.5 Å². The highest BCUT2D eigenvalue weighted by Crippen LogP contribution is 2.26. The van der Waals surface area contributed by atoms with Crippen LogP contribution in [0.5, 0.6) is 5.75 Å². The Labute approximate surface area is 166 Å². The van der Waals surface area contributed by atoms with Crippen LogP contribution in [-0.2, 0) is 4.79 Å². The molecule has 0 saturated carbocycles. The van der Waals surface area contributed by atoms with E-state index in [9.17, 15) is 9.18 Å². The molecule has 1 amide bonds. The van der Waals surface area contributed by atoms with Gasteiger partial charge in [0.1, 0.15) is 0 Å². The Morgan fingerprint density at radius 1 is 1.14 bits per heavy atom. The number of hydrogen-bond acceptors (Lipinski definition) is 4. The zero-order valence-electron chi connectivity index (χ0n) is 16.5. The number of halogens is 1. The van der Waals surface area contributed by atoms with E-state index in [-0.39, 0.29) is 24.3 Å². The average Bonchev–Trinajstić information content (AvgIpc) is 3.22. The summed E-state index contributed by atoms with van der Waals surface area (Å²) in [6, 6.07) is 14.7. The normalized spacial score (nSPS) is 15.2. The van der Waals surface area contributed by atoms with Gasteiger partial charge in [0.2, 0.25) is 0 Å². The molecule has 1 aliphatic heterocycles. The number of ether oxygens (including phenoxy) is 1. The summed E-state index contributed by atoms with van der Waals surface area (Å²) in [7, 11) is 4.03. The van der Waals surface area contributed by atoms with Crippen LogP contribution in [-0.4, -0.2) is 51.1 Å². The Morgan fingerprint density at radius 3 is 2.46 bits per heavy atom. The minimum absolute atomic E-state index is 0.0908. The quantitative estimate of drug-likeness (QED) is 0.758. The fraction of sp³-hybridized carbons (Fsp3) is 0.409. The number of para-hydroxylation sites is 1. The van der Waals surface area contributed by atoms with Gasteiger partial charge in [0.05, 0.1) is 6.04 Å². The lowest BCUT2D eigenvalue weighted by molar-refractivity contribution is -0.123. The van der Waals surface area contributed by atoms with Crippen molar-refractivity contribution < 1.29 is 13.9 Å². The Kier molecular flexibility index (Phi) is 6.87. The zero-order valence-corrected chi connectivity index (χ0v) is 16.5. The van der Waals surface area contributed by atoms with Crippen molar-refractivity contribution in [1.29, 1.82) is 0 Å². The van der Waals surface area contributed by atoms with Crippen LogP contribution >= 0.6 is 0 Å². The first-order valence-electron chi connectivity index (χ1n) is 9.70. The number of benzene rings is 2. The minimum Gasteiger partial charge on any atom is -0.481 e. The van der Waals surface area contributed by atoms with Crippen LogP contribution < -0.4 is 15.0 Å². The maximum Gasteiger partial charge on any atom is 0.258 e. The summed E-state index contributed by atoms with van der Waals surface area (Å²) in [5.41, 5.74) is 2.33. The molecule has 1 saturated heterocycles. The van der Waals surface area contributed by atoms with Gasteiger partial charge >= 0.3 is 0 Å². The van der Waals surface area contributed by atoms with Crippen molar-refractivity contribution >= 4 is 11.6 Å². The highest BCUT2D eigenvalue weighted by atomic mass is 19.1. The standard InChI is InChI=1S/C22H28FN3O2/c1-25(2)18-11-9-17(10-12-18)20(26-13-5-6-14-26)15-24-22(27)16-28-21-8-4-3-7-19(21)23/h3-4,7-12,20H,5-6,13-16H2,1-2H3,(H,24,27)/t20-/m0/s1. The largest absolute Gasteiger partial charge is 0.481 e. The van der Waals surface area contributed by atoms with Gasteiger partial charge in [-0.05, 0) is 55.8 Å². The number of likely N-dealkylation sites (tertiary alicyclic amines) is 1. The first kappa shape index (κ1) is 20.1. The third-order valence-electron chi connectivity index (χ3n) is 5.06. The van der Waals surface area contributed by atoms with Crippen molar-refractivity contribution in [2.45, 2.75) is 18.9 Å². The minimum atomic E-state index is -0.466. The van der Waals surface area contributed by atoms with E-state index in [0.29, 0.717) is 6.54 Å². The third-order valence-corrected chi connectivity index (χ3v) is 5.06. The lowest BCUT2D eigenvalue weighted by Gasteiger charge is -2.28. The van der Waals surface area contributed by atoms with E-state index in [0.717, 1.165) is 18.8 Å². The van der Waals surface area contributed by atoms with E-state index in [1.807, 2.05) is 14.1 Å². The first-order valence-corrected chi connectivity index (χ1v) is 9.70. The van der Waals surface area contributed by atoms with Crippen molar-refractivity contribution in [1.82, 2.24) is 10.2 Å². The van der Waals surface area contributed by atoms with Gasteiger partial charge < -0.3 is 15.0 Å². The smallest absolute Gasteiger partial charge is 0.258 e. The summed E-state index contributed by atoms with van der Waals surface area (Å²) in [5, 5.41) is 2.95. The summed E-state index contributed by atoms with van der Waals surface area (Å²) >= 11 is 0. The molecule has 1 atom stereocenters. The van der Waals surface area contributed by atoms with E-state index in [1.165, 1.54) is 30.5 Å². The first-order chi connectivity index (χ1) is 13.5. The van der Waals surface area contributed by atoms with E-state index in [1.54, 1.807) is 12.1 Å². The third kappa shape index (κ3) is 5.23. The Hall–Kier alpha value is -2.60. The van der Waals surface area contributed by atoms with Gasteiger partial charge in [0, 0.05) is 26.3 Å². The van der Waals surface area contributed by atoms with Crippen molar-refractivity contribution in [2.75, 3.05) is 45.2 Å². The fourth-order valence-electron chi connectivity index (χ4n) is 3.47. The number of nitrogens with one attached hydrogen (secondary N) is 1. The van der Waals surface area contributed by atoms with Crippen molar-refractivity contribution in [3.8, 4) is 5.75 Å². The molecule has 6 heteroatoms. The molecule has 0 aliphatic carbocycles. The lowest BCUT2D eigenvalue weighted by atomic mass is 10.0. The van der Waals surface area contributed by atoms with Crippen molar-refractivity contribution in [2.24, 2.45) is 0 Å². The zero-order chi connectivity index (χ0) is 19.9. The van der Waals surface area contributed by atoms with E-state index >= 15 is 0 Å². The number of anilines is 1. The van der Waals surface area contributed by atoms with Gasteiger partial charge in [0.25, 0.3) is 5.91 Å². The molecule has 1 heterocycles. The van der Waals surface area contributed by atoms with Crippen LogP contribution in [0.3, 0.4) is 0 Å². The van der Waals surface area contributed by atoms with Crippen molar-refractivity contribution in [3.05, 3.63) is 59.9 Å². The van der Waals surface area contributed by atoms with Crippen LogP contribution in [0.25, 0.3) is 0 Å². The molecular formula is C22H28FN3O2. The molecule has 28 heavy (non-hydrogen) atoms. The number of carbonyl (C=O) groups excluding carboxylic acids is 1. The van der Waals surface area contributed by atoms with Gasteiger partial charge in [0.15, 0.2) is 18.2 Å². The second-order valence-corrected chi connectivity index (χ2v) is 7.27. The molecule has 2 aromatic rings.